The molecule has 2 heterocycles. The van der Waals surface area contributed by atoms with E-state index in [-0.39, 0.29) is 0 Å². The van der Waals surface area contributed by atoms with Crippen molar-refractivity contribution in [2.45, 2.75) is 19.4 Å². The molecule has 1 aromatic carbocycles. The van der Waals surface area contributed by atoms with Crippen LogP contribution in [-0.2, 0) is 0 Å². The summed E-state index contributed by atoms with van der Waals surface area (Å²) in [6.07, 6.45) is 1.22. The lowest BCUT2D eigenvalue weighted by atomic mass is 10.0. The van der Waals surface area contributed by atoms with Crippen molar-refractivity contribution in [1.29, 1.82) is 0 Å². The molecule has 1 atom stereocenters. The highest BCUT2D eigenvalue weighted by atomic mass is 79.9. The van der Waals surface area contributed by atoms with Gasteiger partial charge < -0.3 is 5.32 Å². The molecular weight excluding hydrogens is 344 g/mol. The van der Waals surface area contributed by atoms with E-state index < -0.39 is 0 Å². The summed E-state index contributed by atoms with van der Waals surface area (Å²) >= 11 is 5.46. The molecule has 0 bridgehead atoms. The highest BCUT2D eigenvalue weighted by Gasteiger charge is 2.24. The van der Waals surface area contributed by atoms with Crippen molar-refractivity contribution < 1.29 is 0 Å². The number of benzene rings is 1. The first-order valence-corrected chi connectivity index (χ1v) is 9.11. The van der Waals surface area contributed by atoms with Crippen molar-refractivity contribution in [3.05, 3.63) is 56.2 Å². The van der Waals surface area contributed by atoms with E-state index in [1.807, 2.05) is 11.3 Å². The fourth-order valence-electron chi connectivity index (χ4n) is 2.90. The van der Waals surface area contributed by atoms with Crippen LogP contribution in [0.2, 0.25) is 0 Å². The topological polar surface area (TPSA) is 15.3 Å². The lowest BCUT2D eigenvalue weighted by Gasteiger charge is -2.30. The molecule has 1 N–H and O–H groups in total. The number of thiophene rings is 1. The lowest BCUT2D eigenvalue weighted by Crippen LogP contribution is -2.32. The maximum Gasteiger partial charge on any atom is 0.0702 e. The van der Waals surface area contributed by atoms with E-state index in [9.17, 15) is 0 Å². The fourth-order valence-corrected chi connectivity index (χ4v) is 4.49. The van der Waals surface area contributed by atoms with Crippen LogP contribution in [0.1, 0.15) is 28.5 Å². The Morgan fingerprint density at radius 2 is 1.90 bits per heavy atom. The molecule has 0 aliphatic carbocycles. The first-order chi connectivity index (χ1) is 10.2. The molecule has 2 aromatic rings. The van der Waals surface area contributed by atoms with Gasteiger partial charge in [0.2, 0.25) is 0 Å². The largest absolute Gasteiger partial charge is 0.315 e. The number of halogens is 1. The summed E-state index contributed by atoms with van der Waals surface area (Å²) in [7, 11) is 0. The second-order valence-corrected chi connectivity index (χ2v) is 8.09. The van der Waals surface area contributed by atoms with Crippen molar-refractivity contribution in [1.82, 2.24) is 10.2 Å². The number of nitrogens with one attached hydrogen (secondary N) is 1. The third-order valence-corrected chi connectivity index (χ3v) is 5.67. The Morgan fingerprint density at radius 3 is 2.62 bits per heavy atom. The number of nitrogens with zero attached hydrogens (tertiary/aromatic N) is 1. The van der Waals surface area contributed by atoms with Crippen LogP contribution >= 0.6 is 27.3 Å². The highest BCUT2D eigenvalue weighted by Crippen LogP contribution is 2.35. The molecule has 1 aliphatic rings. The Bertz CT molecular complexity index is 571. The Labute approximate surface area is 139 Å². The van der Waals surface area contributed by atoms with E-state index in [1.165, 1.54) is 26.2 Å². The van der Waals surface area contributed by atoms with Crippen molar-refractivity contribution in [3.63, 3.8) is 0 Å². The van der Waals surface area contributed by atoms with E-state index in [0.717, 1.165) is 26.2 Å². The SMILES string of the molecule is Cc1ccc(C(c2ccc(Br)s2)N2CCCNCC2)cc1. The second-order valence-electron chi connectivity index (χ2n) is 5.59. The zero-order valence-corrected chi connectivity index (χ0v) is 14.7. The maximum absolute atomic E-state index is 3.61. The summed E-state index contributed by atoms with van der Waals surface area (Å²) in [5.41, 5.74) is 2.72. The van der Waals surface area contributed by atoms with Crippen LogP contribution in [0.5, 0.6) is 0 Å². The summed E-state index contributed by atoms with van der Waals surface area (Å²) in [6, 6.07) is 13.8. The standard InChI is InChI=1S/C17H21BrN2S/c1-13-3-5-14(6-4-13)17(15-7-8-16(18)21-15)20-11-2-9-19-10-12-20/h3-8,17,19H,2,9-12H2,1H3. The Morgan fingerprint density at radius 1 is 1.10 bits per heavy atom. The van der Waals surface area contributed by atoms with E-state index in [1.54, 1.807) is 0 Å². The average Bonchev–Trinajstić information content (AvgIpc) is 2.74. The molecule has 0 radical (unpaired) electrons. The molecule has 2 nitrogen and oxygen atoms in total. The third-order valence-electron chi connectivity index (χ3n) is 4.00. The van der Waals surface area contributed by atoms with Gasteiger partial charge in [-0.2, -0.15) is 0 Å². The molecular formula is C17H21BrN2S. The van der Waals surface area contributed by atoms with Gasteiger partial charge in [0.15, 0.2) is 0 Å². The minimum absolute atomic E-state index is 0.377. The van der Waals surface area contributed by atoms with Crippen LogP contribution in [-0.4, -0.2) is 31.1 Å². The quantitative estimate of drug-likeness (QED) is 0.877. The molecule has 0 spiro atoms. The minimum Gasteiger partial charge on any atom is -0.315 e. The van der Waals surface area contributed by atoms with Crippen molar-refractivity contribution >= 4 is 27.3 Å². The van der Waals surface area contributed by atoms with Gasteiger partial charge in [0.05, 0.1) is 9.83 Å². The molecule has 1 fully saturated rings. The second kappa shape index (κ2) is 7.05. The van der Waals surface area contributed by atoms with Gasteiger partial charge in [-0.25, -0.2) is 0 Å². The molecule has 21 heavy (non-hydrogen) atoms. The molecule has 1 unspecified atom stereocenters. The monoisotopic (exact) mass is 364 g/mol. The van der Waals surface area contributed by atoms with Crippen LogP contribution in [0.15, 0.2) is 40.2 Å². The normalized spacial score (nSPS) is 18.4. The van der Waals surface area contributed by atoms with Gasteiger partial charge >= 0.3 is 0 Å². The molecule has 3 rings (SSSR count). The molecule has 112 valence electrons. The van der Waals surface area contributed by atoms with Gasteiger partial charge in [0.1, 0.15) is 0 Å². The van der Waals surface area contributed by atoms with Gasteiger partial charge in [-0.3, -0.25) is 4.90 Å². The molecule has 1 aliphatic heterocycles. The predicted molar refractivity (Wildman–Crippen MR) is 94.1 cm³/mol. The summed E-state index contributed by atoms with van der Waals surface area (Å²) in [6.45, 7) is 6.62. The van der Waals surface area contributed by atoms with Crippen LogP contribution in [0, 0.1) is 6.92 Å². The Hall–Kier alpha value is -0.680. The lowest BCUT2D eigenvalue weighted by molar-refractivity contribution is 0.244. The molecule has 0 saturated carbocycles. The molecule has 1 aromatic heterocycles. The van der Waals surface area contributed by atoms with Gasteiger partial charge in [-0.1, -0.05) is 29.8 Å². The van der Waals surface area contributed by atoms with Gasteiger partial charge in [0, 0.05) is 24.5 Å². The van der Waals surface area contributed by atoms with Crippen LogP contribution in [0.4, 0.5) is 0 Å². The first kappa shape index (κ1) is 15.2. The summed E-state index contributed by atoms with van der Waals surface area (Å²) in [5.74, 6) is 0. The maximum atomic E-state index is 3.61. The van der Waals surface area contributed by atoms with Gasteiger partial charge in [0.25, 0.3) is 0 Å². The Kier molecular flexibility index (Phi) is 5.11. The van der Waals surface area contributed by atoms with E-state index >= 15 is 0 Å². The first-order valence-electron chi connectivity index (χ1n) is 7.50. The summed E-state index contributed by atoms with van der Waals surface area (Å²) < 4.78 is 1.21. The summed E-state index contributed by atoms with van der Waals surface area (Å²) in [4.78, 5) is 4.04. The van der Waals surface area contributed by atoms with Crippen molar-refractivity contribution in [3.8, 4) is 0 Å². The predicted octanol–water partition coefficient (Wildman–Crippen LogP) is 4.20. The fraction of sp³-hybridized carbons (Fsp3) is 0.412. The van der Waals surface area contributed by atoms with Gasteiger partial charge in [-0.05, 0) is 53.5 Å². The van der Waals surface area contributed by atoms with Crippen molar-refractivity contribution in [2.24, 2.45) is 0 Å². The number of aryl methyl sites for hydroxylation is 1. The summed E-state index contributed by atoms with van der Waals surface area (Å²) in [5, 5.41) is 3.50. The number of hydrogen-bond acceptors (Lipinski definition) is 3. The number of rotatable bonds is 3. The zero-order chi connectivity index (χ0) is 14.7. The third kappa shape index (κ3) is 3.75. The van der Waals surface area contributed by atoms with Crippen molar-refractivity contribution in [2.75, 3.05) is 26.2 Å². The van der Waals surface area contributed by atoms with E-state index in [0.29, 0.717) is 6.04 Å². The van der Waals surface area contributed by atoms with Gasteiger partial charge in [-0.15, -0.1) is 11.3 Å². The molecule has 1 saturated heterocycles. The van der Waals surface area contributed by atoms with Crippen LogP contribution < -0.4 is 5.32 Å². The molecule has 4 heteroatoms. The minimum atomic E-state index is 0.377. The average molecular weight is 365 g/mol. The van der Waals surface area contributed by atoms with Crippen LogP contribution in [0.25, 0.3) is 0 Å². The zero-order valence-electron chi connectivity index (χ0n) is 12.3. The number of hydrogen-bond donors (Lipinski definition) is 1. The van der Waals surface area contributed by atoms with E-state index in [2.05, 4.69) is 69.5 Å². The van der Waals surface area contributed by atoms with E-state index in [4.69, 9.17) is 0 Å². The Balaban J connectivity index is 1.95. The highest BCUT2D eigenvalue weighted by molar-refractivity contribution is 9.11. The smallest absolute Gasteiger partial charge is 0.0702 e. The molecule has 0 amide bonds. The van der Waals surface area contributed by atoms with Crippen LogP contribution in [0.3, 0.4) is 0 Å².